The van der Waals surface area contributed by atoms with E-state index < -0.39 is 10.8 Å². The second kappa shape index (κ2) is 10.2. The summed E-state index contributed by atoms with van der Waals surface area (Å²) in [7, 11) is 0. The maximum absolute atomic E-state index is 12.1. The molecule has 0 aliphatic carbocycles. The highest BCUT2D eigenvalue weighted by Gasteiger charge is 2.11. The van der Waals surface area contributed by atoms with Gasteiger partial charge in [-0.15, -0.1) is 0 Å². The van der Waals surface area contributed by atoms with E-state index in [2.05, 4.69) is 10.6 Å². The lowest BCUT2D eigenvalue weighted by Gasteiger charge is -2.11. The highest BCUT2D eigenvalue weighted by molar-refractivity contribution is 7.80. The number of thiocarbonyl (C=S) groups is 1. The fourth-order valence-electron chi connectivity index (χ4n) is 2.07. The van der Waals surface area contributed by atoms with Crippen molar-refractivity contribution < 1.29 is 19.2 Å². The first-order chi connectivity index (χ1) is 13.0. The number of nitro benzene ring substituents is 1. The number of hydrogen-bond donors (Lipinski definition) is 2. The number of carbonyl (C=O) groups excluding carboxylic acids is 1. The van der Waals surface area contributed by atoms with Crippen molar-refractivity contribution in [3.8, 4) is 5.75 Å². The fourth-order valence-corrected chi connectivity index (χ4v) is 2.28. The Morgan fingerprint density at radius 3 is 2.37 bits per heavy atom. The Morgan fingerprint density at radius 1 is 1.11 bits per heavy atom. The van der Waals surface area contributed by atoms with E-state index in [1.807, 2.05) is 6.92 Å². The van der Waals surface area contributed by atoms with Gasteiger partial charge in [0.05, 0.1) is 11.5 Å². The van der Waals surface area contributed by atoms with Crippen molar-refractivity contribution in [2.24, 2.45) is 0 Å². The van der Waals surface area contributed by atoms with Crippen LogP contribution in [0.2, 0.25) is 0 Å². The number of non-ortho nitro benzene ring substituents is 1. The molecule has 0 aromatic heterocycles. The van der Waals surface area contributed by atoms with E-state index >= 15 is 0 Å². The van der Waals surface area contributed by atoms with Crippen LogP contribution in [0.1, 0.15) is 17.3 Å². The van der Waals surface area contributed by atoms with E-state index in [1.54, 1.807) is 24.3 Å². The summed E-state index contributed by atoms with van der Waals surface area (Å²) in [5.41, 5.74) is 0.861. The van der Waals surface area contributed by atoms with Gasteiger partial charge in [-0.2, -0.15) is 0 Å². The molecule has 27 heavy (non-hydrogen) atoms. The van der Waals surface area contributed by atoms with Crippen molar-refractivity contribution in [1.82, 2.24) is 5.32 Å². The van der Waals surface area contributed by atoms with Crippen molar-refractivity contribution in [1.29, 1.82) is 0 Å². The molecule has 0 saturated carbocycles. The van der Waals surface area contributed by atoms with Gasteiger partial charge >= 0.3 is 0 Å². The van der Waals surface area contributed by atoms with E-state index in [1.165, 1.54) is 24.3 Å². The average Bonchev–Trinajstić information content (AvgIpc) is 2.66. The molecular formula is C18H19N3O5S. The number of nitrogens with one attached hydrogen (secondary N) is 2. The zero-order valence-corrected chi connectivity index (χ0v) is 15.5. The Morgan fingerprint density at radius 2 is 1.78 bits per heavy atom. The van der Waals surface area contributed by atoms with Gasteiger partial charge in [0.2, 0.25) is 0 Å². The van der Waals surface area contributed by atoms with Crippen molar-refractivity contribution in [3.63, 3.8) is 0 Å². The van der Waals surface area contributed by atoms with Crippen molar-refractivity contribution >= 4 is 34.6 Å². The highest BCUT2D eigenvalue weighted by Crippen LogP contribution is 2.16. The molecule has 0 radical (unpaired) electrons. The van der Waals surface area contributed by atoms with Gasteiger partial charge in [0.25, 0.3) is 11.6 Å². The molecule has 142 valence electrons. The van der Waals surface area contributed by atoms with Gasteiger partial charge in [0.1, 0.15) is 12.4 Å². The summed E-state index contributed by atoms with van der Waals surface area (Å²) in [5, 5.41) is 16.2. The molecule has 2 N–H and O–H groups in total. The molecule has 2 rings (SSSR count). The Kier molecular flexibility index (Phi) is 7.65. The molecule has 0 aliphatic heterocycles. The summed E-state index contributed by atoms with van der Waals surface area (Å²) in [5.74, 6) is 0.236. The predicted molar refractivity (Wildman–Crippen MR) is 105 cm³/mol. The number of amides is 1. The van der Waals surface area contributed by atoms with Crippen molar-refractivity contribution in [2.45, 2.75) is 6.92 Å². The molecule has 0 saturated heterocycles. The summed E-state index contributed by atoms with van der Waals surface area (Å²) in [6.07, 6.45) is 0. The van der Waals surface area contributed by atoms with Gasteiger partial charge in [0, 0.05) is 30.0 Å². The first kappa shape index (κ1) is 20.3. The number of benzene rings is 2. The number of ether oxygens (including phenoxy) is 2. The lowest BCUT2D eigenvalue weighted by Crippen LogP contribution is -2.34. The summed E-state index contributed by atoms with van der Waals surface area (Å²) in [6.45, 7) is 3.55. The van der Waals surface area contributed by atoms with Crippen LogP contribution in [0, 0.1) is 10.1 Å². The Labute approximate surface area is 161 Å². The highest BCUT2D eigenvalue weighted by atomic mass is 32.1. The number of anilines is 1. The Hall–Kier alpha value is -3.04. The summed E-state index contributed by atoms with van der Waals surface area (Å²) < 4.78 is 10.7. The first-order valence-electron chi connectivity index (χ1n) is 8.17. The van der Waals surface area contributed by atoms with Gasteiger partial charge in [0.15, 0.2) is 5.11 Å². The number of carbonyl (C=O) groups is 1. The van der Waals surface area contributed by atoms with Crippen LogP contribution in [-0.2, 0) is 4.74 Å². The number of nitrogens with zero attached hydrogens (tertiary/aromatic N) is 1. The van der Waals surface area contributed by atoms with Crippen molar-refractivity contribution in [2.75, 3.05) is 25.1 Å². The smallest absolute Gasteiger partial charge is 0.269 e. The van der Waals surface area contributed by atoms with Crippen LogP contribution in [-0.4, -0.2) is 35.8 Å². The monoisotopic (exact) mass is 389 g/mol. The second-order valence-electron chi connectivity index (χ2n) is 5.28. The van der Waals surface area contributed by atoms with Crippen LogP contribution in [0.3, 0.4) is 0 Å². The fraction of sp³-hybridized carbons (Fsp3) is 0.222. The van der Waals surface area contributed by atoms with Crippen LogP contribution in [0.4, 0.5) is 11.4 Å². The molecule has 0 fully saturated rings. The first-order valence-corrected chi connectivity index (χ1v) is 8.58. The molecule has 0 unspecified atom stereocenters. The van der Waals surface area contributed by atoms with Crippen LogP contribution in [0.15, 0.2) is 48.5 Å². The minimum absolute atomic E-state index is 0.0872. The molecule has 2 aromatic rings. The minimum atomic E-state index is -0.530. The van der Waals surface area contributed by atoms with Crippen LogP contribution in [0.5, 0.6) is 5.75 Å². The molecule has 0 aliphatic rings. The molecule has 8 nitrogen and oxygen atoms in total. The molecule has 9 heteroatoms. The molecule has 0 atom stereocenters. The summed E-state index contributed by atoms with van der Waals surface area (Å²) >= 11 is 5.11. The third-order valence-electron chi connectivity index (χ3n) is 3.38. The van der Waals surface area contributed by atoms with Crippen LogP contribution < -0.4 is 15.4 Å². The van der Waals surface area contributed by atoms with Crippen LogP contribution >= 0.6 is 12.2 Å². The number of hydrogen-bond acceptors (Lipinski definition) is 6. The quantitative estimate of drug-likeness (QED) is 0.309. The molecular weight excluding hydrogens is 370 g/mol. The van der Waals surface area contributed by atoms with E-state index in [-0.39, 0.29) is 16.4 Å². The molecule has 0 bridgehead atoms. The normalized spacial score (nSPS) is 10.1. The Bertz CT molecular complexity index is 794. The molecule has 1 amide bonds. The SMILES string of the molecule is CCOCCOc1ccc(NC(=S)NC(=O)c2ccc([N+](=O)[O-])cc2)cc1. The van der Waals surface area contributed by atoms with Gasteiger partial charge < -0.3 is 14.8 Å². The van der Waals surface area contributed by atoms with Crippen molar-refractivity contribution in [3.05, 3.63) is 64.2 Å². The zero-order chi connectivity index (χ0) is 19.6. The largest absolute Gasteiger partial charge is 0.491 e. The number of rotatable bonds is 8. The zero-order valence-electron chi connectivity index (χ0n) is 14.6. The van der Waals surface area contributed by atoms with Gasteiger partial charge in [-0.25, -0.2) is 0 Å². The van der Waals surface area contributed by atoms with Gasteiger partial charge in [-0.1, -0.05) is 0 Å². The molecule has 0 heterocycles. The minimum Gasteiger partial charge on any atom is -0.491 e. The lowest BCUT2D eigenvalue weighted by atomic mass is 10.2. The average molecular weight is 389 g/mol. The molecule has 0 spiro atoms. The van der Waals surface area contributed by atoms with E-state index in [9.17, 15) is 14.9 Å². The predicted octanol–water partition coefficient (Wildman–Crippen LogP) is 3.14. The summed E-state index contributed by atoms with van der Waals surface area (Å²) in [6, 6.07) is 12.3. The summed E-state index contributed by atoms with van der Waals surface area (Å²) in [4.78, 5) is 22.2. The van der Waals surface area contributed by atoms with Crippen LogP contribution in [0.25, 0.3) is 0 Å². The van der Waals surface area contributed by atoms with Gasteiger partial charge in [-0.3, -0.25) is 20.2 Å². The number of nitro groups is 1. The third-order valence-corrected chi connectivity index (χ3v) is 3.58. The van der Waals surface area contributed by atoms with Gasteiger partial charge in [-0.05, 0) is 55.5 Å². The maximum atomic E-state index is 12.1. The maximum Gasteiger partial charge on any atom is 0.269 e. The van der Waals surface area contributed by atoms with E-state index in [4.69, 9.17) is 21.7 Å². The van der Waals surface area contributed by atoms with E-state index in [0.29, 0.717) is 31.3 Å². The second-order valence-corrected chi connectivity index (χ2v) is 5.69. The molecule has 2 aromatic carbocycles. The third kappa shape index (κ3) is 6.65. The topological polar surface area (TPSA) is 103 Å². The lowest BCUT2D eigenvalue weighted by molar-refractivity contribution is -0.384. The standard InChI is InChI=1S/C18H19N3O5S/c1-2-25-11-12-26-16-9-5-14(6-10-16)19-18(27)20-17(22)13-3-7-15(8-4-13)21(23)24/h3-10H,2,11-12H2,1H3,(H2,19,20,22,27). The van der Waals surface area contributed by atoms with E-state index in [0.717, 1.165) is 0 Å². The Balaban J connectivity index is 1.84.